The summed E-state index contributed by atoms with van der Waals surface area (Å²) in [7, 11) is 0. The molecule has 0 aliphatic heterocycles. The highest BCUT2D eigenvalue weighted by Gasteiger charge is 2.09. The lowest BCUT2D eigenvalue weighted by atomic mass is 10.2. The van der Waals surface area contributed by atoms with Crippen molar-refractivity contribution in [3.05, 3.63) is 23.2 Å². The van der Waals surface area contributed by atoms with E-state index in [1.807, 2.05) is 13.8 Å². The van der Waals surface area contributed by atoms with Gasteiger partial charge in [0.15, 0.2) is 0 Å². The summed E-state index contributed by atoms with van der Waals surface area (Å²) < 4.78 is 5.48. The van der Waals surface area contributed by atoms with Gasteiger partial charge in [-0.05, 0) is 39.0 Å². The number of nitrogens with two attached hydrogens (primary N) is 1. The van der Waals surface area contributed by atoms with Crippen LogP contribution in [0.3, 0.4) is 0 Å². The summed E-state index contributed by atoms with van der Waals surface area (Å²) in [6, 6.07) is 4.53. The third-order valence-electron chi connectivity index (χ3n) is 1.98. The van der Waals surface area contributed by atoms with Gasteiger partial charge >= 0.3 is 0 Å². The maximum Gasteiger partial charge on any atom is 0.240 e. The number of hydrogen-bond donors (Lipinski definition) is 2. The van der Waals surface area contributed by atoms with E-state index in [9.17, 15) is 4.79 Å². The molecule has 102 valence electrons. The number of ether oxygens (including phenoxy) is 1. The Labute approximate surface area is 118 Å². The van der Waals surface area contributed by atoms with E-state index < -0.39 is 6.04 Å². The van der Waals surface area contributed by atoms with Gasteiger partial charge in [-0.2, -0.15) is 0 Å². The smallest absolute Gasteiger partial charge is 0.240 e. The van der Waals surface area contributed by atoms with Crippen molar-refractivity contribution in [2.75, 3.05) is 5.32 Å². The lowest BCUT2D eigenvalue weighted by Crippen LogP contribution is -2.32. The van der Waals surface area contributed by atoms with E-state index in [4.69, 9.17) is 22.1 Å². The first-order valence-corrected chi connectivity index (χ1v) is 5.80. The van der Waals surface area contributed by atoms with Crippen molar-refractivity contribution in [3.63, 3.8) is 0 Å². The number of carbonyl (C=O) groups is 1. The molecule has 1 rings (SSSR count). The van der Waals surface area contributed by atoms with Crippen LogP contribution < -0.4 is 15.8 Å². The fraction of sp³-hybridized carbons (Fsp3) is 0.417. The summed E-state index contributed by atoms with van der Waals surface area (Å²) >= 11 is 6.03. The van der Waals surface area contributed by atoms with Gasteiger partial charge in [0, 0.05) is 5.69 Å². The first kappa shape index (κ1) is 17.0. The van der Waals surface area contributed by atoms with Crippen molar-refractivity contribution in [1.82, 2.24) is 0 Å². The number of nitrogens with one attached hydrogen (secondary N) is 1. The number of benzene rings is 1. The van der Waals surface area contributed by atoms with Crippen molar-refractivity contribution in [2.24, 2.45) is 5.73 Å². The molecular weight excluding hydrogens is 275 g/mol. The first-order valence-electron chi connectivity index (χ1n) is 5.43. The zero-order valence-corrected chi connectivity index (χ0v) is 12.1. The summed E-state index contributed by atoms with van der Waals surface area (Å²) in [5.41, 5.74) is 6.05. The average molecular weight is 293 g/mol. The van der Waals surface area contributed by atoms with E-state index in [2.05, 4.69) is 5.32 Å². The number of amides is 1. The molecule has 1 atom stereocenters. The van der Waals surface area contributed by atoms with Crippen LogP contribution in [-0.4, -0.2) is 18.1 Å². The van der Waals surface area contributed by atoms with Crippen LogP contribution in [-0.2, 0) is 4.79 Å². The topological polar surface area (TPSA) is 64.3 Å². The molecule has 0 fully saturated rings. The highest BCUT2D eigenvalue weighted by Crippen LogP contribution is 2.28. The molecule has 0 spiro atoms. The summed E-state index contributed by atoms with van der Waals surface area (Å²) in [5.74, 6) is 0.346. The van der Waals surface area contributed by atoms with Crippen LogP contribution in [0.2, 0.25) is 5.02 Å². The van der Waals surface area contributed by atoms with E-state index in [0.717, 1.165) is 0 Å². The molecule has 4 nitrogen and oxygen atoms in total. The first-order chi connectivity index (χ1) is 7.90. The van der Waals surface area contributed by atoms with Crippen molar-refractivity contribution in [3.8, 4) is 5.75 Å². The maximum absolute atomic E-state index is 11.4. The van der Waals surface area contributed by atoms with Gasteiger partial charge in [0.05, 0.1) is 17.2 Å². The van der Waals surface area contributed by atoms with Gasteiger partial charge in [0.1, 0.15) is 5.75 Å². The van der Waals surface area contributed by atoms with E-state index >= 15 is 0 Å². The molecule has 3 N–H and O–H groups in total. The maximum atomic E-state index is 11.4. The van der Waals surface area contributed by atoms with Crippen LogP contribution in [0.25, 0.3) is 0 Å². The second kappa shape index (κ2) is 7.46. The standard InChI is InChI=1S/C12H17ClN2O2.ClH/c1-7(2)17-11-5-4-9(6-10(11)13)15-12(16)8(3)14;/h4-8H,14H2,1-3H3,(H,15,16);1H. The average Bonchev–Trinajstić information content (AvgIpc) is 2.21. The lowest BCUT2D eigenvalue weighted by Gasteiger charge is -2.13. The summed E-state index contributed by atoms with van der Waals surface area (Å²) in [4.78, 5) is 11.4. The Morgan fingerprint density at radius 2 is 2.00 bits per heavy atom. The minimum absolute atomic E-state index is 0. The van der Waals surface area contributed by atoms with Crippen LogP contribution >= 0.6 is 24.0 Å². The third-order valence-corrected chi connectivity index (χ3v) is 2.27. The molecule has 0 aliphatic carbocycles. The largest absolute Gasteiger partial charge is 0.489 e. The van der Waals surface area contributed by atoms with Crippen LogP contribution in [0, 0.1) is 0 Å². The van der Waals surface area contributed by atoms with E-state index in [1.165, 1.54) is 0 Å². The number of carbonyl (C=O) groups excluding carboxylic acids is 1. The highest BCUT2D eigenvalue weighted by molar-refractivity contribution is 6.32. The molecular formula is C12H18Cl2N2O2. The molecule has 1 aromatic carbocycles. The van der Waals surface area contributed by atoms with E-state index in [-0.39, 0.29) is 24.4 Å². The Bertz CT molecular complexity index is 409. The predicted molar refractivity (Wildman–Crippen MR) is 76.7 cm³/mol. The second-order valence-corrected chi connectivity index (χ2v) is 4.50. The Hall–Kier alpha value is -0.970. The Kier molecular flexibility index (Phi) is 7.06. The minimum Gasteiger partial charge on any atom is -0.489 e. The molecule has 0 saturated heterocycles. The molecule has 0 aliphatic rings. The number of anilines is 1. The number of hydrogen-bond acceptors (Lipinski definition) is 3. The van der Waals surface area contributed by atoms with E-state index in [0.29, 0.717) is 16.5 Å². The fourth-order valence-electron chi connectivity index (χ4n) is 1.18. The Balaban J connectivity index is 0.00000289. The number of halogens is 2. The van der Waals surface area contributed by atoms with Gasteiger partial charge in [-0.1, -0.05) is 11.6 Å². The summed E-state index contributed by atoms with van der Waals surface area (Å²) in [6.07, 6.45) is 0.0528. The molecule has 6 heteroatoms. The fourth-order valence-corrected chi connectivity index (χ4v) is 1.41. The van der Waals surface area contributed by atoms with Crippen LogP contribution in [0.1, 0.15) is 20.8 Å². The molecule has 18 heavy (non-hydrogen) atoms. The quantitative estimate of drug-likeness (QED) is 0.897. The molecule has 1 amide bonds. The van der Waals surface area contributed by atoms with Crippen LogP contribution in [0.15, 0.2) is 18.2 Å². The Morgan fingerprint density at radius 3 is 2.44 bits per heavy atom. The van der Waals surface area contributed by atoms with Gasteiger partial charge in [0.25, 0.3) is 0 Å². The summed E-state index contributed by atoms with van der Waals surface area (Å²) in [6.45, 7) is 5.46. The summed E-state index contributed by atoms with van der Waals surface area (Å²) in [5, 5.41) is 3.12. The SMILES string of the molecule is CC(C)Oc1ccc(NC(=O)C(C)N)cc1Cl.Cl. The van der Waals surface area contributed by atoms with Crippen LogP contribution in [0.5, 0.6) is 5.75 Å². The predicted octanol–water partition coefficient (Wildman–Crippen LogP) is 2.83. The third kappa shape index (κ3) is 5.12. The molecule has 1 unspecified atom stereocenters. The van der Waals surface area contributed by atoms with Gasteiger partial charge in [0.2, 0.25) is 5.91 Å². The molecule has 0 bridgehead atoms. The second-order valence-electron chi connectivity index (χ2n) is 4.09. The zero-order valence-electron chi connectivity index (χ0n) is 10.6. The minimum atomic E-state index is -0.555. The van der Waals surface area contributed by atoms with Crippen molar-refractivity contribution in [2.45, 2.75) is 32.9 Å². The van der Waals surface area contributed by atoms with Crippen molar-refractivity contribution >= 4 is 35.6 Å². The Morgan fingerprint density at radius 1 is 1.39 bits per heavy atom. The normalized spacial score (nSPS) is 11.7. The van der Waals surface area contributed by atoms with E-state index in [1.54, 1.807) is 25.1 Å². The number of rotatable bonds is 4. The monoisotopic (exact) mass is 292 g/mol. The lowest BCUT2D eigenvalue weighted by molar-refractivity contribution is -0.117. The van der Waals surface area contributed by atoms with Crippen molar-refractivity contribution in [1.29, 1.82) is 0 Å². The zero-order chi connectivity index (χ0) is 13.0. The molecule has 0 radical (unpaired) electrons. The van der Waals surface area contributed by atoms with Crippen LogP contribution in [0.4, 0.5) is 5.69 Å². The van der Waals surface area contributed by atoms with Gasteiger partial charge in [-0.3, -0.25) is 4.79 Å². The highest BCUT2D eigenvalue weighted by atomic mass is 35.5. The molecule has 0 saturated carbocycles. The molecule has 0 aromatic heterocycles. The molecule has 1 aromatic rings. The van der Waals surface area contributed by atoms with Crippen molar-refractivity contribution < 1.29 is 9.53 Å². The van der Waals surface area contributed by atoms with Gasteiger partial charge in [-0.25, -0.2) is 0 Å². The van der Waals surface area contributed by atoms with Gasteiger partial charge in [-0.15, -0.1) is 12.4 Å². The molecule has 0 heterocycles. The van der Waals surface area contributed by atoms with Gasteiger partial charge < -0.3 is 15.8 Å².